The lowest BCUT2D eigenvalue weighted by Crippen LogP contribution is -2.27. The van der Waals surface area contributed by atoms with Crippen LogP contribution in [0, 0.1) is 10.1 Å². The molecule has 7 nitrogen and oxygen atoms in total. The van der Waals surface area contributed by atoms with Crippen molar-refractivity contribution in [3.63, 3.8) is 0 Å². The van der Waals surface area contributed by atoms with Crippen molar-refractivity contribution >= 4 is 27.6 Å². The van der Waals surface area contributed by atoms with Crippen LogP contribution in [0.5, 0.6) is 5.75 Å². The van der Waals surface area contributed by atoms with Gasteiger partial charge in [-0.05, 0) is 26.8 Å². The second-order valence-electron chi connectivity index (χ2n) is 4.29. The van der Waals surface area contributed by atoms with Crippen LogP contribution in [0.1, 0.15) is 32.4 Å². The Kier molecular flexibility index (Phi) is 6.10. The molecule has 0 fully saturated rings. The van der Waals surface area contributed by atoms with Crippen molar-refractivity contribution in [2.75, 3.05) is 6.61 Å². The van der Waals surface area contributed by atoms with Crippen LogP contribution < -0.4 is 4.74 Å². The van der Waals surface area contributed by atoms with Gasteiger partial charge in [0.05, 0.1) is 17.6 Å². The Morgan fingerprint density at radius 3 is 2.57 bits per heavy atom. The van der Waals surface area contributed by atoms with E-state index in [9.17, 15) is 20.0 Å². The molecule has 8 heteroatoms. The highest BCUT2D eigenvalue weighted by Crippen LogP contribution is 2.38. The van der Waals surface area contributed by atoms with Crippen molar-refractivity contribution < 1.29 is 24.3 Å². The van der Waals surface area contributed by atoms with Gasteiger partial charge in [0, 0.05) is 16.1 Å². The van der Waals surface area contributed by atoms with Gasteiger partial charge in [-0.2, -0.15) is 0 Å². The van der Waals surface area contributed by atoms with E-state index >= 15 is 0 Å². The molecule has 1 aromatic rings. The van der Waals surface area contributed by atoms with E-state index in [0.717, 1.165) is 0 Å². The molecule has 0 aliphatic carbocycles. The molecule has 0 heterocycles. The van der Waals surface area contributed by atoms with Crippen LogP contribution in [0.2, 0.25) is 0 Å². The predicted octanol–water partition coefficient (Wildman–Crippen LogP) is 2.74. The van der Waals surface area contributed by atoms with Gasteiger partial charge in [-0.3, -0.25) is 10.1 Å². The van der Waals surface area contributed by atoms with Gasteiger partial charge in [0.1, 0.15) is 0 Å². The number of hydrogen-bond acceptors (Lipinski definition) is 6. The summed E-state index contributed by atoms with van der Waals surface area (Å²) in [5.41, 5.74) is -0.122. The SMILES string of the molecule is CCOC(=O)C(C)Oc1c(C(C)O)cc(Br)cc1[N+](=O)[O-]. The highest BCUT2D eigenvalue weighted by Gasteiger charge is 2.27. The summed E-state index contributed by atoms with van der Waals surface area (Å²) in [6.45, 7) is 4.70. The van der Waals surface area contributed by atoms with Crippen LogP contribution in [-0.4, -0.2) is 28.7 Å². The molecule has 0 saturated heterocycles. The average molecular weight is 362 g/mol. The first-order valence-electron chi connectivity index (χ1n) is 6.27. The number of rotatable bonds is 6. The number of esters is 1. The Balaban J connectivity index is 3.25. The van der Waals surface area contributed by atoms with Gasteiger partial charge in [-0.25, -0.2) is 4.79 Å². The minimum absolute atomic E-state index is 0.140. The van der Waals surface area contributed by atoms with Gasteiger partial charge >= 0.3 is 11.7 Å². The van der Waals surface area contributed by atoms with Crippen molar-refractivity contribution in [3.05, 3.63) is 32.3 Å². The highest BCUT2D eigenvalue weighted by molar-refractivity contribution is 9.10. The summed E-state index contributed by atoms with van der Waals surface area (Å²) in [5, 5.41) is 20.9. The molecule has 21 heavy (non-hydrogen) atoms. The first kappa shape index (κ1) is 17.4. The fraction of sp³-hybridized carbons (Fsp3) is 0.462. The third kappa shape index (κ3) is 4.40. The maximum absolute atomic E-state index is 11.6. The van der Waals surface area contributed by atoms with Crippen molar-refractivity contribution in [1.29, 1.82) is 0 Å². The summed E-state index contributed by atoms with van der Waals surface area (Å²) in [5.74, 6) is -0.773. The number of halogens is 1. The molecule has 0 radical (unpaired) electrons. The molecule has 2 unspecified atom stereocenters. The van der Waals surface area contributed by atoms with E-state index in [-0.39, 0.29) is 23.6 Å². The van der Waals surface area contributed by atoms with Crippen molar-refractivity contribution in [2.24, 2.45) is 0 Å². The van der Waals surface area contributed by atoms with E-state index in [1.54, 1.807) is 6.92 Å². The molecule has 0 aliphatic rings. The second-order valence-corrected chi connectivity index (χ2v) is 5.20. The lowest BCUT2D eigenvalue weighted by atomic mass is 10.1. The zero-order valence-electron chi connectivity index (χ0n) is 11.8. The van der Waals surface area contributed by atoms with E-state index in [1.165, 1.54) is 26.0 Å². The van der Waals surface area contributed by atoms with Gasteiger partial charge in [-0.15, -0.1) is 0 Å². The summed E-state index contributed by atoms with van der Waals surface area (Å²) < 4.78 is 10.6. The molecule has 116 valence electrons. The van der Waals surface area contributed by atoms with Crippen LogP contribution >= 0.6 is 15.9 Å². The van der Waals surface area contributed by atoms with Gasteiger partial charge in [0.25, 0.3) is 0 Å². The van der Waals surface area contributed by atoms with Crippen LogP contribution in [0.3, 0.4) is 0 Å². The Bertz CT molecular complexity index is 546. The lowest BCUT2D eigenvalue weighted by molar-refractivity contribution is -0.386. The van der Waals surface area contributed by atoms with E-state index in [2.05, 4.69) is 15.9 Å². The molecular formula is C13H16BrNO6. The number of nitrogens with zero attached hydrogens (tertiary/aromatic N) is 1. The number of hydrogen-bond donors (Lipinski definition) is 1. The normalized spacial score (nSPS) is 13.4. The number of benzene rings is 1. The number of nitro groups is 1. The molecule has 1 aromatic carbocycles. The number of carbonyl (C=O) groups is 1. The Morgan fingerprint density at radius 2 is 2.10 bits per heavy atom. The Morgan fingerprint density at radius 1 is 1.48 bits per heavy atom. The van der Waals surface area contributed by atoms with Crippen LogP contribution in [0.15, 0.2) is 16.6 Å². The zero-order chi connectivity index (χ0) is 16.2. The minimum atomic E-state index is -1.03. The summed E-state index contributed by atoms with van der Waals surface area (Å²) in [6, 6.07) is 2.75. The molecule has 0 spiro atoms. The number of aliphatic hydroxyl groups is 1. The predicted molar refractivity (Wildman–Crippen MR) is 78.2 cm³/mol. The van der Waals surface area contributed by atoms with Gasteiger partial charge < -0.3 is 14.6 Å². The highest BCUT2D eigenvalue weighted by atomic mass is 79.9. The largest absolute Gasteiger partial charge is 0.472 e. The first-order chi connectivity index (χ1) is 9.77. The summed E-state index contributed by atoms with van der Waals surface area (Å²) in [6.07, 6.45) is -2.02. The minimum Gasteiger partial charge on any atom is -0.472 e. The number of ether oxygens (including phenoxy) is 2. The topological polar surface area (TPSA) is 98.9 Å². The van der Waals surface area contributed by atoms with E-state index in [1.807, 2.05) is 0 Å². The quantitative estimate of drug-likeness (QED) is 0.475. The molecule has 0 saturated carbocycles. The van der Waals surface area contributed by atoms with Crippen LogP contribution in [0.25, 0.3) is 0 Å². The molecule has 1 N–H and O–H groups in total. The molecule has 0 amide bonds. The van der Waals surface area contributed by atoms with Crippen molar-refractivity contribution in [1.82, 2.24) is 0 Å². The van der Waals surface area contributed by atoms with E-state index < -0.39 is 23.1 Å². The van der Waals surface area contributed by atoms with Gasteiger partial charge in [0.15, 0.2) is 6.10 Å². The van der Waals surface area contributed by atoms with Crippen LogP contribution in [-0.2, 0) is 9.53 Å². The zero-order valence-corrected chi connectivity index (χ0v) is 13.4. The van der Waals surface area contributed by atoms with Gasteiger partial charge in [-0.1, -0.05) is 15.9 Å². The Labute approximate surface area is 130 Å². The summed E-state index contributed by atoms with van der Waals surface area (Å²) in [7, 11) is 0. The molecule has 2 atom stereocenters. The molecule has 0 bridgehead atoms. The van der Waals surface area contributed by atoms with Crippen molar-refractivity contribution in [3.8, 4) is 5.75 Å². The fourth-order valence-corrected chi connectivity index (χ4v) is 2.12. The third-order valence-corrected chi connectivity index (χ3v) is 3.08. The molecule has 1 rings (SSSR count). The first-order valence-corrected chi connectivity index (χ1v) is 7.06. The molecule has 0 aromatic heterocycles. The third-order valence-electron chi connectivity index (χ3n) is 2.62. The Hall–Kier alpha value is -1.67. The lowest BCUT2D eigenvalue weighted by Gasteiger charge is -2.17. The number of nitro benzene ring substituents is 1. The van der Waals surface area contributed by atoms with E-state index in [4.69, 9.17) is 9.47 Å². The van der Waals surface area contributed by atoms with Gasteiger partial charge in [0.2, 0.25) is 5.75 Å². The second kappa shape index (κ2) is 7.37. The smallest absolute Gasteiger partial charge is 0.347 e. The molecule has 0 aliphatic heterocycles. The van der Waals surface area contributed by atoms with E-state index in [0.29, 0.717) is 4.47 Å². The maximum Gasteiger partial charge on any atom is 0.347 e. The van der Waals surface area contributed by atoms with Crippen LogP contribution in [0.4, 0.5) is 5.69 Å². The van der Waals surface area contributed by atoms with Crippen molar-refractivity contribution in [2.45, 2.75) is 33.0 Å². The monoisotopic (exact) mass is 361 g/mol. The number of aliphatic hydroxyl groups excluding tert-OH is 1. The molecular weight excluding hydrogens is 346 g/mol. The average Bonchev–Trinajstić information content (AvgIpc) is 2.39. The maximum atomic E-state index is 11.6. The summed E-state index contributed by atoms with van der Waals surface area (Å²) >= 11 is 3.14. The number of carbonyl (C=O) groups excluding carboxylic acids is 1. The standard InChI is InChI=1S/C13H16BrNO6/c1-4-20-13(17)8(3)21-12-10(7(2)16)5-9(14)6-11(12)15(18)19/h5-8,16H,4H2,1-3H3. The summed E-state index contributed by atoms with van der Waals surface area (Å²) in [4.78, 5) is 22.1. The fourth-order valence-electron chi connectivity index (χ4n) is 1.66.